The normalized spacial score (nSPS) is 14.9. The zero-order valence-corrected chi connectivity index (χ0v) is 9.88. The fourth-order valence-corrected chi connectivity index (χ4v) is 1.94. The van der Waals surface area contributed by atoms with Gasteiger partial charge in [-0.25, -0.2) is 9.07 Å². The fourth-order valence-electron chi connectivity index (χ4n) is 1.94. The maximum absolute atomic E-state index is 13.4. The molecule has 6 heteroatoms. The largest absolute Gasteiger partial charge is 0.396 e. The fraction of sp³-hybridized carbons (Fsp3) is 0.417. The molecule has 5 nitrogen and oxygen atoms in total. The van der Waals surface area contributed by atoms with Crippen molar-refractivity contribution < 1.29 is 4.39 Å². The van der Waals surface area contributed by atoms with Crippen LogP contribution in [0.3, 0.4) is 0 Å². The number of nitrogen functional groups attached to an aromatic ring is 1. The van der Waals surface area contributed by atoms with Crippen LogP contribution in [0.5, 0.6) is 0 Å². The van der Waals surface area contributed by atoms with Crippen LogP contribution in [0.4, 0.5) is 10.1 Å². The van der Waals surface area contributed by atoms with Gasteiger partial charge >= 0.3 is 0 Å². The molecule has 1 aromatic heterocycles. The second-order valence-electron chi connectivity index (χ2n) is 4.69. The molecule has 0 spiro atoms. The molecule has 1 saturated carbocycles. The number of nitrogens with zero attached hydrogens (tertiary/aromatic N) is 4. The van der Waals surface area contributed by atoms with Gasteiger partial charge in [0, 0.05) is 12.1 Å². The van der Waals surface area contributed by atoms with Crippen LogP contribution in [-0.4, -0.2) is 20.2 Å². The highest BCUT2D eigenvalue weighted by molar-refractivity contribution is 5.58. The minimum Gasteiger partial charge on any atom is -0.396 e. The molecule has 0 bridgehead atoms. The van der Waals surface area contributed by atoms with E-state index in [1.54, 1.807) is 10.7 Å². The van der Waals surface area contributed by atoms with Crippen LogP contribution in [0.25, 0.3) is 11.4 Å². The number of aromatic nitrogens is 4. The van der Waals surface area contributed by atoms with Crippen LogP contribution in [0.15, 0.2) is 18.2 Å². The molecule has 18 heavy (non-hydrogen) atoms. The van der Waals surface area contributed by atoms with Gasteiger partial charge in [-0.1, -0.05) is 12.8 Å². The Morgan fingerprint density at radius 3 is 2.94 bits per heavy atom. The lowest BCUT2D eigenvalue weighted by atomic mass is 10.2. The zero-order chi connectivity index (χ0) is 12.5. The number of aryl methyl sites for hydroxylation is 1. The average molecular weight is 247 g/mol. The van der Waals surface area contributed by atoms with E-state index in [4.69, 9.17) is 5.73 Å². The maximum Gasteiger partial charge on any atom is 0.182 e. The topological polar surface area (TPSA) is 69.6 Å². The molecule has 0 atom stereocenters. The Morgan fingerprint density at radius 1 is 1.39 bits per heavy atom. The van der Waals surface area contributed by atoms with E-state index in [1.807, 2.05) is 0 Å². The van der Waals surface area contributed by atoms with E-state index in [2.05, 4.69) is 15.5 Å². The summed E-state index contributed by atoms with van der Waals surface area (Å²) in [6.07, 6.45) is 3.68. The highest BCUT2D eigenvalue weighted by Crippen LogP contribution is 2.33. The van der Waals surface area contributed by atoms with Crippen LogP contribution < -0.4 is 5.73 Å². The summed E-state index contributed by atoms with van der Waals surface area (Å²) in [6.45, 7) is 0.777. The minimum absolute atomic E-state index is 0.135. The molecular weight excluding hydrogens is 233 g/mol. The Hall–Kier alpha value is -1.98. The van der Waals surface area contributed by atoms with Crippen LogP contribution >= 0.6 is 0 Å². The van der Waals surface area contributed by atoms with E-state index in [9.17, 15) is 4.39 Å². The second kappa shape index (κ2) is 4.36. The third-order valence-corrected chi connectivity index (χ3v) is 3.24. The molecule has 0 aliphatic heterocycles. The monoisotopic (exact) mass is 247 g/mol. The first-order valence-electron chi connectivity index (χ1n) is 6.05. The van der Waals surface area contributed by atoms with E-state index in [0.29, 0.717) is 11.4 Å². The van der Waals surface area contributed by atoms with Gasteiger partial charge in [0.1, 0.15) is 5.82 Å². The minimum atomic E-state index is -0.441. The predicted octanol–water partition coefficient (Wildman–Crippen LogP) is 1.86. The number of hydrogen-bond donors (Lipinski definition) is 1. The first-order valence-corrected chi connectivity index (χ1v) is 6.05. The summed E-state index contributed by atoms with van der Waals surface area (Å²) in [4.78, 5) is 0. The average Bonchev–Trinajstić information content (AvgIpc) is 3.08. The maximum atomic E-state index is 13.4. The van der Waals surface area contributed by atoms with Gasteiger partial charge in [0.2, 0.25) is 0 Å². The molecule has 0 unspecified atom stereocenters. The van der Waals surface area contributed by atoms with Gasteiger partial charge in [-0.05, 0) is 41.0 Å². The number of anilines is 1. The number of benzene rings is 1. The Balaban J connectivity index is 1.85. The molecule has 2 N–H and O–H groups in total. The smallest absolute Gasteiger partial charge is 0.182 e. The van der Waals surface area contributed by atoms with Crippen molar-refractivity contribution in [2.45, 2.75) is 25.8 Å². The SMILES string of the molecule is Nc1ccc(-c2nnnn2CCC2CC2)cc1F. The summed E-state index contributed by atoms with van der Waals surface area (Å²) in [5.41, 5.74) is 6.24. The van der Waals surface area contributed by atoms with Crippen molar-refractivity contribution in [3.8, 4) is 11.4 Å². The zero-order valence-electron chi connectivity index (χ0n) is 9.88. The molecule has 0 radical (unpaired) electrons. The number of rotatable bonds is 4. The Labute approximate surface area is 104 Å². The van der Waals surface area contributed by atoms with Crippen LogP contribution in [-0.2, 0) is 6.54 Å². The predicted molar refractivity (Wildman–Crippen MR) is 65.0 cm³/mol. The summed E-state index contributed by atoms with van der Waals surface area (Å²) >= 11 is 0. The van der Waals surface area contributed by atoms with Gasteiger partial charge in [-0.15, -0.1) is 5.10 Å². The molecule has 1 aliphatic carbocycles. The van der Waals surface area contributed by atoms with E-state index in [1.165, 1.54) is 25.0 Å². The van der Waals surface area contributed by atoms with Crippen molar-refractivity contribution in [1.29, 1.82) is 0 Å². The third-order valence-electron chi connectivity index (χ3n) is 3.24. The summed E-state index contributed by atoms with van der Waals surface area (Å²) in [6, 6.07) is 4.64. The summed E-state index contributed by atoms with van der Waals surface area (Å²) in [7, 11) is 0. The highest BCUT2D eigenvalue weighted by atomic mass is 19.1. The summed E-state index contributed by atoms with van der Waals surface area (Å²) in [5, 5.41) is 11.6. The molecule has 1 aromatic carbocycles. The Bertz CT molecular complexity index is 561. The van der Waals surface area contributed by atoms with Gasteiger partial charge in [-0.2, -0.15) is 0 Å². The lowest BCUT2D eigenvalue weighted by molar-refractivity contribution is 0.535. The number of hydrogen-bond acceptors (Lipinski definition) is 4. The highest BCUT2D eigenvalue weighted by Gasteiger charge is 2.21. The van der Waals surface area contributed by atoms with Crippen molar-refractivity contribution in [3.63, 3.8) is 0 Å². The molecule has 1 aliphatic rings. The summed E-state index contributed by atoms with van der Waals surface area (Å²) < 4.78 is 15.1. The van der Waals surface area contributed by atoms with Crippen LogP contribution in [0.2, 0.25) is 0 Å². The first-order chi connectivity index (χ1) is 8.74. The van der Waals surface area contributed by atoms with Gasteiger partial charge < -0.3 is 5.73 Å². The number of tetrazole rings is 1. The van der Waals surface area contributed by atoms with Gasteiger partial charge in [0.05, 0.1) is 5.69 Å². The molecule has 0 amide bonds. The molecule has 1 fully saturated rings. The first kappa shape index (κ1) is 11.1. The van der Waals surface area contributed by atoms with Gasteiger partial charge in [-0.3, -0.25) is 0 Å². The third kappa shape index (κ3) is 2.18. The van der Waals surface area contributed by atoms with Crippen LogP contribution in [0, 0.1) is 11.7 Å². The number of halogens is 1. The van der Waals surface area contributed by atoms with Crippen molar-refractivity contribution in [1.82, 2.24) is 20.2 Å². The standard InChI is InChI=1S/C12H14FN5/c13-10-7-9(3-4-11(10)14)12-15-16-17-18(12)6-5-8-1-2-8/h3-4,7-8H,1-2,5-6,14H2. The van der Waals surface area contributed by atoms with Crippen molar-refractivity contribution in [3.05, 3.63) is 24.0 Å². The molecule has 3 rings (SSSR count). The van der Waals surface area contributed by atoms with Crippen molar-refractivity contribution in [2.24, 2.45) is 5.92 Å². The number of nitrogens with two attached hydrogens (primary N) is 1. The lowest BCUT2D eigenvalue weighted by Gasteiger charge is -2.05. The molecule has 1 heterocycles. The van der Waals surface area contributed by atoms with Gasteiger partial charge in [0.15, 0.2) is 5.82 Å². The van der Waals surface area contributed by atoms with Crippen LogP contribution in [0.1, 0.15) is 19.3 Å². The van der Waals surface area contributed by atoms with Gasteiger partial charge in [0.25, 0.3) is 0 Å². The molecule has 94 valence electrons. The quantitative estimate of drug-likeness (QED) is 0.837. The summed E-state index contributed by atoms with van der Waals surface area (Å²) in [5.74, 6) is 0.962. The van der Waals surface area contributed by atoms with Crippen molar-refractivity contribution in [2.75, 3.05) is 5.73 Å². The molecular formula is C12H14FN5. The lowest BCUT2D eigenvalue weighted by Crippen LogP contribution is -2.04. The van der Waals surface area contributed by atoms with Crippen molar-refractivity contribution >= 4 is 5.69 Å². The Morgan fingerprint density at radius 2 is 2.22 bits per heavy atom. The van der Waals surface area contributed by atoms with E-state index in [-0.39, 0.29) is 5.69 Å². The van der Waals surface area contributed by atoms with E-state index < -0.39 is 5.82 Å². The second-order valence-corrected chi connectivity index (χ2v) is 4.69. The molecule has 0 saturated heterocycles. The van der Waals surface area contributed by atoms with E-state index >= 15 is 0 Å². The molecule has 2 aromatic rings. The van der Waals surface area contributed by atoms with E-state index in [0.717, 1.165) is 18.9 Å². The Kier molecular flexibility index (Phi) is 2.70.